The largest absolute Gasteiger partial charge is 0.351 e. The number of amides is 2. The number of benzene rings is 2. The van der Waals surface area contributed by atoms with Crippen molar-refractivity contribution in [2.45, 2.75) is 26.7 Å². The first-order chi connectivity index (χ1) is 12.2. The fraction of sp³-hybridized carbons (Fsp3) is 0.211. The highest BCUT2D eigenvalue weighted by molar-refractivity contribution is 5.97. The van der Waals surface area contributed by atoms with Crippen molar-refractivity contribution in [1.82, 2.24) is 14.8 Å². The van der Waals surface area contributed by atoms with Crippen molar-refractivity contribution in [3.05, 3.63) is 66.0 Å². The van der Waals surface area contributed by atoms with Crippen molar-refractivity contribution >= 4 is 17.7 Å². The second-order valence-electron chi connectivity index (χ2n) is 5.65. The Morgan fingerprint density at radius 2 is 1.88 bits per heavy atom. The van der Waals surface area contributed by atoms with Crippen molar-refractivity contribution in [3.8, 4) is 5.69 Å². The van der Waals surface area contributed by atoms with E-state index in [-0.39, 0.29) is 0 Å². The van der Waals surface area contributed by atoms with E-state index in [0.717, 1.165) is 29.8 Å². The van der Waals surface area contributed by atoms with Crippen LogP contribution in [0.15, 0.2) is 54.9 Å². The van der Waals surface area contributed by atoms with Crippen LogP contribution in [0.2, 0.25) is 0 Å². The average Bonchev–Trinajstić information content (AvgIpc) is 3.11. The molecule has 0 bridgehead atoms. The van der Waals surface area contributed by atoms with Gasteiger partial charge in [0, 0.05) is 0 Å². The molecule has 0 aliphatic heterocycles. The number of carbonyl (C=O) groups excluding carboxylic acids is 1. The number of primary amides is 1. The van der Waals surface area contributed by atoms with Crippen LogP contribution in [0.1, 0.15) is 25.0 Å². The van der Waals surface area contributed by atoms with Gasteiger partial charge in [-0.1, -0.05) is 44.2 Å². The van der Waals surface area contributed by atoms with Crippen LogP contribution in [0.3, 0.4) is 0 Å². The van der Waals surface area contributed by atoms with Crippen LogP contribution < -0.4 is 10.6 Å². The van der Waals surface area contributed by atoms with Gasteiger partial charge in [-0.05, 0) is 42.2 Å². The molecular weight excluding hydrogens is 314 g/mol. The highest BCUT2D eigenvalue weighted by atomic mass is 16.2. The number of urea groups is 1. The Morgan fingerprint density at radius 3 is 2.52 bits per heavy atom. The van der Waals surface area contributed by atoms with E-state index < -0.39 is 6.03 Å². The highest BCUT2D eigenvalue weighted by Crippen LogP contribution is 2.29. The zero-order valence-corrected chi connectivity index (χ0v) is 14.4. The molecule has 2 N–H and O–H groups in total. The van der Waals surface area contributed by atoms with Gasteiger partial charge in [-0.2, -0.15) is 14.8 Å². The van der Waals surface area contributed by atoms with E-state index in [9.17, 15) is 4.79 Å². The molecule has 0 saturated carbocycles. The SMILES string of the molecule is CCc1ccc(N(C(N)=O)c2ncnn2-c2ccccc2)c(CC)c1. The maximum atomic E-state index is 12.3. The molecule has 0 fully saturated rings. The molecule has 0 spiro atoms. The Morgan fingerprint density at radius 1 is 1.12 bits per heavy atom. The fourth-order valence-corrected chi connectivity index (χ4v) is 2.82. The zero-order chi connectivity index (χ0) is 17.8. The molecule has 0 unspecified atom stereocenters. The lowest BCUT2D eigenvalue weighted by molar-refractivity contribution is 0.255. The maximum absolute atomic E-state index is 12.3. The van der Waals surface area contributed by atoms with Crippen molar-refractivity contribution in [2.75, 3.05) is 4.90 Å². The summed E-state index contributed by atoms with van der Waals surface area (Å²) in [5.74, 6) is 0.373. The topological polar surface area (TPSA) is 77.0 Å². The predicted octanol–water partition coefficient (Wildman–Crippen LogP) is 3.61. The minimum atomic E-state index is -0.593. The normalized spacial score (nSPS) is 10.6. The number of nitrogens with two attached hydrogens (primary N) is 1. The van der Waals surface area contributed by atoms with E-state index in [2.05, 4.69) is 30.0 Å². The number of hydrogen-bond donors (Lipinski definition) is 1. The minimum Gasteiger partial charge on any atom is -0.351 e. The van der Waals surface area contributed by atoms with Gasteiger partial charge in [-0.15, -0.1) is 0 Å². The number of aryl methyl sites for hydroxylation is 2. The summed E-state index contributed by atoms with van der Waals surface area (Å²) in [6, 6.07) is 15.0. The summed E-state index contributed by atoms with van der Waals surface area (Å²) < 4.78 is 1.61. The van der Waals surface area contributed by atoms with Gasteiger partial charge in [-0.3, -0.25) is 0 Å². The van der Waals surface area contributed by atoms with Gasteiger partial charge in [0.1, 0.15) is 6.33 Å². The van der Waals surface area contributed by atoms with E-state index in [4.69, 9.17) is 5.73 Å². The van der Waals surface area contributed by atoms with Crippen LogP contribution in [-0.4, -0.2) is 20.8 Å². The molecule has 128 valence electrons. The summed E-state index contributed by atoms with van der Waals surface area (Å²) >= 11 is 0. The van der Waals surface area contributed by atoms with Gasteiger partial charge in [0.15, 0.2) is 0 Å². The van der Waals surface area contributed by atoms with Gasteiger partial charge >= 0.3 is 6.03 Å². The van der Waals surface area contributed by atoms with Crippen LogP contribution in [0.5, 0.6) is 0 Å². The molecule has 0 aliphatic rings. The van der Waals surface area contributed by atoms with E-state index in [1.165, 1.54) is 16.8 Å². The number of carbonyl (C=O) groups is 1. The average molecular weight is 335 g/mol. The summed E-state index contributed by atoms with van der Waals surface area (Å²) in [7, 11) is 0. The van der Waals surface area contributed by atoms with Gasteiger partial charge < -0.3 is 5.73 Å². The van der Waals surface area contributed by atoms with E-state index in [1.54, 1.807) is 4.68 Å². The predicted molar refractivity (Wildman–Crippen MR) is 98.3 cm³/mol. The zero-order valence-electron chi connectivity index (χ0n) is 14.4. The Labute approximate surface area is 146 Å². The molecule has 6 heteroatoms. The number of aromatic nitrogens is 3. The quantitative estimate of drug-likeness (QED) is 0.774. The third-order valence-electron chi connectivity index (χ3n) is 4.12. The van der Waals surface area contributed by atoms with Gasteiger partial charge in [-0.25, -0.2) is 9.69 Å². The monoisotopic (exact) mass is 335 g/mol. The van der Waals surface area contributed by atoms with E-state index in [0.29, 0.717) is 5.95 Å². The molecule has 2 aromatic carbocycles. The molecule has 0 radical (unpaired) electrons. The second kappa shape index (κ2) is 7.17. The number of para-hydroxylation sites is 1. The number of hydrogen-bond acceptors (Lipinski definition) is 3. The van der Waals surface area contributed by atoms with Gasteiger partial charge in [0.2, 0.25) is 5.95 Å². The molecule has 6 nitrogen and oxygen atoms in total. The summed E-state index contributed by atoms with van der Waals surface area (Å²) in [5, 5.41) is 4.26. The number of anilines is 2. The Hall–Kier alpha value is -3.15. The van der Waals surface area contributed by atoms with Gasteiger partial charge in [0.25, 0.3) is 0 Å². The van der Waals surface area contributed by atoms with Crippen molar-refractivity contribution < 1.29 is 4.79 Å². The summed E-state index contributed by atoms with van der Waals surface area (Å²) in [6.07, 6.45) is 3.14. The van der Waals surface area contributed by atoms with Crippen LogP contribution in [0.25, 0.3) is 5.69 Å². The molecule has 3 rings (SSSR count). The lowest BCUT2D eigenvalue weighted by atomic mass is 10.0. The molecule has 1 heterocycles. The third kappa shape index (κ3) is 3.24. The Balaban J connectivity index is 2.14. The van der Waals surface area contributed by atoms with Crippen molar-refractivity contribution in [2.24, 2.45) is 5.73 Å². The third-order valence-corrected chi connectivity index (χ3v) is 4.12. The van der Waals surface area contributed by atoms with Crippen LogP contribution >= 0.6 is 0 Å². The molecule has 2 amide bonds. The summed E-state index contributed by atoms with van der Waals surface area (Å²) in [6.45, 7) is 4.16. The fourth-order valence-electron chi connectivity index (χ4n) is 2.82. The molecule has 25 heavy (non-hydrogen) atoms. The summed E-state index contributed by atoms with van der Waals surface area (Å²) in [5.41, 5.74) is 9.51. The summed E-state index contributed by atoms with van der Waals surface area (Å²) in [4.78, 5) is 18.0. The minimum absolute atomic E-state index is 0.373. The Bertz CT molecular complexity index is 873. The smallest absolute Gasteiger partial charge is 0.326 e. The molecule has 0 aliphatic carbocycles. The van der Waals surface area contributed by atoms with Crippen LogP contribution in [0.4, 0.5) is 16.4 Å². The standard InChI is InChI=1S/C19H21N5O/c1-3-14-10-11-17(15(4-2)12-14)23(18(20)25)19-21-13-22-24(19)16-8-6-5-7-9-16/h5-13H,3-4H2,1-2H3,(H2,20,25). The molecular formula is C19H21N5O. The van der Waals surface area contributed by atoms with Crippen molar-refractivity contribution in [3.63, 3.8) is 0 Å². The molecule has 3 aromatic rings. The van der Waals surface area contributed by atoms with Gasteiger partial charge in [0.05, 0.1) is 11.4 Å². The maximum Gasteiger partial charge on any atom is 0.326 e. The molecule has 0 saturated heterocycles. The lowest BCUT2D eigenvalue weighted by Crippen LogP contribution is -2.34. The van der Waals surface area contributed by atoms with Crippen LogP contribution in [0, 0.1) is 0 Å². The molecule has 1 aromatic heterocycles. The highest BCUT2D eigenvalue weighted by Gasteiger charge is 2.23. The first-order valence-electron chi connectivity index (χ1n) is 8.32. The lowest BCUT2D eigenvalue weighted by Gasteiger charge is -2.23. The second-order valence-corrected chi connectivity index (χ2v) is 5.65. The Kier molecular flexibility index (Phi) is 4.79. The number of rotatable bonds is 5. The van der Waals surface area contributed by atoms with E-state index in [1.807, 2.05) is 42.5 Å². The first-order valence-corrected chi connectivity index (χ1v) is 8.32. The first kappa shape index (κ1) is 16.7. The van der Waals surface area contributed by atoms with Crippen molar-refractivity contribution in [1.29, 1.82) is 0 Å². The van der Waals surface area contributed by atoms with Crippen LogP contribution in [-0.2, 0) is 12.8 Å². The van der Waals surface area contributed by atoms with E-state index >= 15 is 0 Å². The number of nitrogens with zero attached hydrogens (tertiary/aromatic N) is 4. The molecule has 0 atom stereocenters.